The van der Waals surface area contributed by atoms with E-state index in [0.717, 1.165) is 10.5 Å². The number of sulfonamides is 1. The molecule has 26 heavy (non-hydrogen) atoms. The van der Waals surface area contributed by atoms with Crippen molar-refractivity contribution in [3.63, 3.8) is 0 Å². The normalized spacial score (nSPS) is 11.1. The number of amides is 2. The summed E-state index contributed by atoms with van der Waals surface area (Å²) in [6, 6.07) is 10.0. The van der Waals surface area contributed by atoms with E-state index in [2.05, 4.69) is 0 Å². The van der Waals surface area contributed by atoms with E-state index < -0.39 is 21.8 Å². The number of hydrogen-bond donors (Lipinski definition) is 1. The summed E-state index contributed by atoms with van der Waals surface area (Å²) >= 11 is 5.87. The van der Waals surface area contributed by atoms with Crippen molar-refractivity contribution in [3.8, 4) is 5.75 Å². The topological polar surface area (TPSA) is 107 Å². The Morgan fingerprint density at radius 2 is 1.77 bits per heavy atom. The van der Waals surface area contributed by atoms with Crippen molar-refractivity contribution in [1.82, 2.24) is 0 Å². The minimum Gasteiger partial charge on any atom is -0.483 e. The van der Waals surface area contributed by atoms with Crippen molar-refractivity contribution in [2.45, 2.75) is 18.7 Å². The van der Waals surface area contributed by atoms with E-state index in [1.165, 1.54) is 31.2 Å². The number of nitrogens with zero attached hydrogens (tertiary/aromatic N) is 1. The lowest BCUT2D eigenvalue weighted by molar-refractivity contribution is -0.126. The number of ether oxygens (including phenoxy) is 1. The Kier molecular flexibility index (Phi) is 6.01. The average molecular weight is 397 g/mol. The molecule has 0 aromatic heterocycles. The van der Waals surface area contributed by atoms with Crippen molar-refractivity contribution in [2.24, 2.45) is 5.14 Å². The largest absolute Gasteiger partial charge is 0.483 e. The summed E-state index contributed by atoms with van der Waals surface area (Å²) in [4.78, 5) is 25.1. The number of hydrogen-bond acceptors (Lipinski definition) is 5. The number of nitrogens with two attached hydrogens (primary N) is 1. The molecule has 0 heterocycles. The number of halogens is 1. The van der Waals surface area contributed by atoms with Gasteiger partial charge in [0.25, 0.3) is 5.91 Å². The molecule has 9 heteroatoms. The van der Waals surface area contributed by atoms with Gasteiger partial charge in [-0.1, -0.05) is 11.6 Å². The van der Waals surface area contributed by atoms with Crippen LogP contribution in [0.5, 0.6) is 5.75 Å². The lowest BCUT2D eigenvalue weighted by Crippen LogP contribution is -2.38. The molecule has 2 rings (SSSR count). The summed E-state index contributed by atoms with van der Waals surface area (Å²) in [6.45, 7) is 2.62. The van der Waals surface area contributed by atoms with Gasteiger partial charge in [-0.3, -0.25) is 9.59 Å². The molecule has 0 aliphatic rings. The van der Waals surface area contributed by atoms with Gasteiger partial charge in [-0.05, 0) is 55.0 Å². The second kappa shape index (κ2) is 7.86. The molecule has 0 saturated carbocycles. The Morgan fingerprint density at radius 3 is 2.27 bits per heavy atom. The van der Waals surface area contributed by atoms with Crippen molar-refractivity contribution in [3.05, 3.63) is 53.1 Å². The predicted molar refractivity (Wildman–Crippen MR) is 97.7 cm³/mol. The summed E-state index contributed by atoms with van der Waals surface area (Å²) in [5.74, 6) is -0.666. The molecule has 2 aromatic rings. The number of carbonyl (C=O) groups is 2. The number of rotatable bonds is 5. The van der Waals surface area contributed by atoms with Crippen LogP contribution >= 0.6 is 11.6 Å². The highest BCUT2D eigenvalue weighted by molar-refractivity contribution is 7.89. The molecule has 0 spiro atoms. The van der Waals surface area contributed by atoms with Crippen molar-refractivity contribution in [1.29, 1.82) is 0 Å². The predicted octanol–water partition coefficient (Wildman–Crippen LogP) is 2.25. The van der Waals surface area contributed by atoms with Crippen LogP contribution in [0, 0.1) is 6.92 Å². The summed E-state index contributed by atoms with van der Waals surface area (Å²) in [5.41, 5.74) is 0.962. The first-order valence-electron chi connectivity index (χ1n) is 7.45. The molecule has 0 unspecified atom stereocenters. The number of benzene rings is 2. The van der Waals surface area contributed by atoms with E-state index >= 15 is 0 Å². The maximum Gasteiger partial charge on any atom is 0.271 e. The first kappa shape index (κ1) is 19.9. The minimum atomic E-state index is -3.86. The van der Waals surface area contributed by atoms with E-state index in [0.29, 0.717) is 10.8 Å². The standard InChI is InChI=1S/C17H17ClN2O5S/c1-11-9-13(18)3-8-16(11)25-10-17(22)20(12(2)21)14-4-6-15(7-5-14)26(19,23)24/h3-9H,10H2,1-2H3,(H2,19,23,24). The monoisotopic (exact) mass is 396 g/mol. The van der Waals surface area contributed by atoms with Crippen LogP contribution in [0.3, 0.4) is 0 Å². The highest BCUT2D eigenvalue weighted by atomic mass is 35.5. The maximum atomic E-state index is 12.4. The molecule has 0 fully saturated rings. The summed E-state index contributed by atoms with van der Waals surface area (Å²) in [5, 5.41) is 5.58. The van der Waals surface area contributed by atoms with Gasteiger partial charge in [-0.25, -0.2) is 18.5 Å². The van der Waals surface area contributed by atoms with Gasteiger partial charge in [0.1, 0.15) is 5.75 Å². The third-order valence-corrected chi connectivity index (χ3v) is 4.64. The quantitative estimate of drug-likeness (QED) is 0.834. The average Bonchev–Trinajstić information content (AvgIpc) is 2.53. The van der Waals surface area contributed by atoms with Crippen molar-refractivity contribution in [2.75, 3.05) is 11.5 Å². The van der Waals surface area contributed by atoms with Crippen LogP contribution in [0.2, 0.25) is 5.02 Å². The zero-order chi connectivity index (χ0) is 19.5. The number of carbonyl (C=O) groups excluding carboxylic acids is 2. The van der Waals surface area contributed by atoms with Crippen LogP contribution in [0.4, 0.5) is 5.69 Å². The zero-order valence-electron chi connectivity index (χ0n) is 14.1. The highest BCUT2D eigenvalue weighted by Crippen LogP contribution is 2.22. The first-order chi connectivity index (χ1) is 12.1. The minimum absolute atomic E-state index is 0.120. The molecular formula is C17H17ClN2O5S. The molecule has 0 bridgehead atoms. The lowest BCUT2D eigenvalue weighted by atomic mass is 10.2. The molecule has 0 aliphatic heterocycles. The maximum absolute atomic E-state index is 12.4. The second-order valence-corrected chi connectivity index (χ2v) is 7.48. The van der Waals surface area contributed by atoms with Gasteiger partial charge >= 0.3 is 0 Å². The van der Waals surface area contributed by atoms with Gasteiger partial charge in [-0.15, -0.1) is 0 Å². The van der Waals surface area contributed by atoms with Gasteiger partial charge in [0, 0.05) is 11.9 Å². The fraction of sp³-hybridized carbons (Fsp3) is 0.176. The molecule has 2 N–H and O–H groups in total. The third kappa shape index (κ3) is 4.81. The lowest BCUT2D eigenvalue weighted by Gasteiger charge is -2.20. The second-order valence-electron chi connectivity index (χ2n) is 5.49. The molecule has 7 nitrogen and oxygen atoms in total. The van der Waals surface area contributed by atoms with Crippen LogP contribution < -0.4 is 14.8 Å². The first-order valence-corrected chi connectivity index (χ1v) is 9.37. The van der Waals surface area contributed by atoms with Crippen LogP contribution in [0.1, 0.15) is 12.5 Å². The van der Waals surface area contributed by atoms with E-state index in [4.69, 9.17) is 21.5 Å². The summed E-state index contributed by atoms with van der Waals surface area (Å²) in [6.07, 6.45) is 0. The van der Waals surface area contributed by atoms with Gasteiger partial charge in [-0.2, -0.15) is 0 Å². The molecule has 2 aromatic carbocycles. The number of imide groups is 1. The van der Waals surface area contributed by atoms with Gasteiger partial charge < -0.3 is 4.74 Å². The van der Waals surface area contributed by atoms with E-state index in [9.17, 15) is 18.0 Å². The SMILES string of the molecule is CC(=O)N(C(=O)COc1ccc(Cl)cc1C)c1ccc(S(N)(=O)=O)cc1. The van der Waals surface area contributed by atoms with Gasteiger partial charge in [0.2, 0.25) is 15.9 Å². The Balaban J connectivity index is 2.18. The summed E-state index contributed by atoms with van der Waals surface area (Å²) < 4.78 is 28.1. The van der Waals surface area contributed by atoms with Crippen LogP contribution in [0.15, 0.2) is 47.4 Å². The molecule has 0 saturated heterocycles. The molecule has 138 valence electrons. The smallest absolute Gasteiger partial charge is 0.271 e. The Hall–Kier alpha value is -2.42. The number of primary sulfonamides is 1. The molecule has 0 radical (unpaired) electrons. The van der Waals surface area contributed by atoms with E-state index in [1.54, 1.807) is 25.1 Å². The van der Waals surface area contributed by atoms with Crippen LogP contribution in [-0.2, 0) is 19.6 Å². The van der Waals surface area contributed by atoms with E-state index in [1.807, 2.05) is 0 Å². The molecule has 0 atom stereocenters. The number of aryl methyl sites for hydroxylation is 1. The van der Waals surface area contributed by atoms with E-state index in [-0.39, 0.29) is 17.2 Å². The van der Waals surface area contributed by atoms with Gasteiger partial charge in [0.15, 0.2) is 6.61 Å². The molecule has 0 aliphatic carbocycles. The fourth-order valence-corrected chi connectivity index (χ4v) is 3.01. The van der Waals surface area contributed by atoms with Crippen LogP contribution in [-0.4, -0.2) is 26.8 Å². The highest BCUT2D eigenvalue weighted by Gasteiger charge is 2.21. The summed E-state index contributed by atoms with van der Waals surface area (Å²) in [7, 11) is -3.86. The Bertz CT molecular complexity index is 942. The Morgan fingerprint density at radius 1 is 1.15 bits per heavy atom. The van der Waals surface area contributed by atoms with Gasteiger partial charge in [0.05, 0.1) is 10.6 Å². The fourth-order valence-electron chi connectivity index (χ4n) is 2.27. The van der Waals surface area contributed by atoms with Crippen molar-refractivity contribution >= 4 is 39.1 Å². The zero-order valence-corrected chi connectivity index (χ0v) is 15.7. The number of anilines is 1. The van der Waals surface area contributed by atoms with Crippen molar-refractivity contribution < 1.29 is 22.7 Å². The third-order valence-electron chi connectivity index (χ3n) is 3.48. The molecule has 2 amide bonds. The molecular weight excluding hydrogens is 380 g/mol. The van der Waals surface area contributed by atoms with Crippen LogP contribution in [0.25, 0.3) is 0 Å². The Labute approximate surface area is 156 Å².